The molecular formula is C19H28N2O5. The van der Waals surface area contributed by atoms with E-state index in [0.29, 0.717) is 17.9 Å². The molecule has 1 aromatic rings. The zero-order valence-electron chi connectivity index (χ0n) is 15.5. The Hall–Kier alpha value is -2.31. The van der Waals surface area contributed by atoms with Gasteiger partial charge >= 0.3 is 5.97 Å². The van der Waals surface area contributed by atoms with Gasteiger partial charge in [-0.3, -0.25) is 10.1 Å². The highest BCUT2D eigenvalue weighted by Gasteiger charge is 2.23. The van der Waals surface area contributed by atoms with E-state index in [1.54, 1.807) is 6.07 Å². The molecule has 26 heavy (non-hydrogen) atoms. The number of ether oxygens (including phenoxy) is 2. The number of nitro groups is 1. The van der Waals surface area contributed by atoms with E-state index in [9.17, 15) is 14.9 Å². The first-order valence-corrected chi connectivity index (χ1v) is 9.34. The fourth-order valence-corrected chi connectivity index (χ4v) is 3.24. The maximum atomic E-state index is 11.9. The summed E-state index contributed by atoms with van der Waals surface area (Å²) in [6.45, 7) is 2.03. The number of anilines is 1. The number of nitrogens with zero attached hydrogens (tertiary/aromatic N) is 1. The summed E-state index contributed by atoms with van der Waals surface area (Å²) in [7, 11) is 1.33. The van der Waals surface area contributed by atoms with Gasteiger partial charge in [-0.15, -0.1) is 0 Å². The van der Waals surface area contributed by atoms with E-state index in [2.05, 4.69) is 5.32 Å². The second-order valence-electron chi connectivity index (χ2n) is 6.69. The number of carbonyl (C=O) groups excluding carboxylic acids is 1. The number of nitro benzene ring substituents is 1. The summed E-state index contributed by atoms with van der Waals surface area (Å²) in [4.78, 5) is 22.9. The summed E-state index contributed by atoms with van der Waals surface area (Å²) in [6, 6.07) is 4.81. The number of hydrogen-bond acceptors (Lipinski definition) is 6. The Morgan fingerprint density at radius 2 is 2.08 bits per heavy atom. The van der Waals surface area contributed by atoms with Gasteiger partial charge in [-0.05, 0) is 31.7 Å². The van der Waals surface area contributed by atoms with Crippen LogP contribution in [0.15, 0.2) is 18.2 Å². The summed E-state index contributed by atoms with van der Waals surface area (Å²) >= 11 is 0. The van der Waals surface area contributed by atoms with Crippen molar-refractivity contribution in [3.05, 3.63) is 28.3 Å². The van der Waals surface area contributed by atoms with Crippen LogP contribution >= 0.6 is 0 Å². The predicted molar refractivity (Wildman–Crippen MR) is 99.5 cm³/mol. The Morgan fingerprint density at radius 3 is 2.69 bits per heavy atom. The van der Waals surface area contributed by atoms with Crippen LogP contribution in [-0.4, -0.2) is 30.1 Å². The van der Waals surface area contributed by atoms with Crippen molar-refractivity contribution in [2.45, 2.75) is 70.4 Å². The molecule has 2 rings (SSSR count). The van der Waals surface area contributed by atoms with E-state index in [0.717, 1.165) is 38.5 Å². The number of nitrogens with one attached hydrogen (secondary N) is 1. The highest BCUT2D eigenvalue weighted by Crippen LogP contribution is 2.32. The second kappa shape index (κ2) is 9.99. The van der Waals surface area contributed by atoms with Gasteiger partial charge in [-0.1, -0.05) is 32.6 Å². The van der Waals surface area contributed by atoms with Crippen molar-refractivity contribution in [3.8, 4) is 5.75 Å². The fraction of sp³-hybridized carbons (Fsp3) is 0.632. The third-order valence-electron chi connectivity index (χ3n) is 4.69. The van der Waals surface area contributed by atoms with E-state index in [1.165, 1.54) is 25.7 Å². The van der Waals surface area contributed by atoms with Gasteiger partial charge in [0.15, 0.2) is 6.10 Å². The topological polar surface area (TPSA) is 90.7 Å². The predicted octanol–water partition coefficient (Wildman–Crippen LogP) is 4.45. The van der Waals surface area contributed by atoms with Crippen LogP contribution in [0.5, 0.6) is 5.75 Å². The van der Waals surface area contributed by atoms with Crippen molar-refractivity contribution < 1.29 is 19.2 Å². The quantitative estimate of drug-likeness (QED) is 0.395. The highest BCUT2D eigenvalue weighted by molar-refractivity contribution is 5.75. The molecule has 1 saturated carbocycles. The zero-order chi connectivity index (χ0) is 18.9. The number of unbranched alkanes of at least 4 members (excludes halogenated alkanes) is 1. The fourth-order valence-electron chi connectivity index (χ4n) is 3.24. The van der Waals surface area contributed by atoms with Gasteiger partial charge in [0.2, 0.25) is 0 Å². The molecule has 0 spiro atoms. The molecule has 0 amide bonds. The van der Waals surface area contributed by atoms with Crippen LogP contribution < -0.4 is 10.1 Å². The first-order chi connectivity index (χ1) is 12.5. The normalized spacial score (nSPS) is 15.9. The van der Waals surface area contributed by atoms with Gasteiger partial charge in [-0.2, -0.15) is 0 Å². The summed E-state index contributed by atoms with van der Waals surface area (Å²) in [6.07, 6.45) is 7.08. The van der Waals surface area contributed by atoms with Crippen LogP contribution in [0, 0.1) is 10.1 Å². The van der Waals surface area contributed by atoms with Crippen molar-refractivity contribution in [2.75, 3.05) is 12.4 Å². The van der Waals surface area contributed by atoms with Crippen LogP contribution in [-0.2, 0) is 9.53 Å². The largest absolute Gasteiger partial charge is 0.479 e. The number of esters is 1. The monoisotopic (exact) mass is 364 g/mol. The molecule has 1 N–H and O–H groups in total. The molecule has 1 unspecified atom stereocenters. The minimum absolute atomic E-state index is 0.0195. The van der Waals surface area contributed by atoms with E-state index in [4.69, 9.17) is 9.47 Å². The lowest BCUT2D eigenvalue weighted by Gasteiger charge is -2.24. The van der Waals surface area contributed by atoms with Crippen molar-refractivity contribution >= 4 is 17.3 Å². The highest BCUT2D eigenvalue weighted by atomic mass is 16.6. The van der Waals surface area contributed by atoms with Crippen LogP contribution in [0.1, 0.15) is 58.3 Å². The summed E-state index contributed by atoms with van der Waals surface area (Å²) in [5, 5.41) is 14.6. The summed E-state index contributed by atoms with van der Waals surface area (Å²) < 4.78 is 10.6. The molecule has 0 radical (unpaired) electrons. The van der Waals surface area contributed by atoms with Crippen LogP contribution in [0.25, 0.3) is 0 Å². The molecule has 0 aliphatic heterocycles. The molecule has 7 heteroatoms. The number of methoxy groups -OCH3 is 1. The average Bonchev–Trinajstić information content (AvgIpc) is 2.65. The Morgan fingerprint density at radius 1 is 1.35 bits per heavy atom. The first kappa shape index (κ1) is 20.0. The van der Waals surface area contributed by atoms with E-state index in [-0.39, 0.29) is 11.7 Å². The number of benzene rings is 1. The first-order valence-electron chi connectivity index (χ1n) is 9.34. The van der Waals surface area contributed by atoms with Crippen molar-refractivity contribution in [2.24, 2.45) is 0 Å². The maximum Gasteiger partial charge on any atom is 0.347 e. The zero-order valence-corrected chi connectivity index (χ0v) is 15.5. The Kier molecular flexibility index (Phi) is 7.69. The van der Waals surface area contributed by atoms with Gasteiger partial charge in [0, 0.05) is 18.2 Å². The molecule has 0 saturated heterocycles. The van der Waals surface area contributed by atoms with Crippen molar-refractivity contribution in [1.29, 1.82) is 0 Å². The molecule has 1 aliphatic rings. The second-order valence-corrected chi connectivity index (χ2v) is 6.69. The maximum absolute atomic E-state index is 11.9. The minimum atomic E-state index is -0.705. The van der Waals surface area contributed by atoms with Gasteiger partial charge in [0.25, 0.3) is 5.69 Å². The molecular weight excluding hydrogens is 336 g/mol. The van der Waals surface area contributed by atoms with E-state index in [1.807, 2.05) is 6.92 Å². The van der Waals surface area contributed by atoms with Gasteiger partial charge in [-0.25, -0.2) is 4.79 Å². The molecule has 1 atom stereocenters. The van der Waals surface area contributed by atoms with Gasteiger partial charge in [0.1, 0.15) is 11.4 Å². The summed E-state index contributed by atoms with van der Waals surface area (Å²) in [5.74, 6) is -0.000921. The standard InChI is InChI=1S/C19H28N2O5/c1-3-4-10-18(19(22)25-2)26-15-11-12-17(21(23)24)16(13-15)20-14-8-6-5-7-9-14/h11-14,18,20H,3-10H2,1-2H3. The Labute approximate surface area is 154 Å². The molecule has 144 valence electrons. The van der Waals surface area contributed by atoms with Gasteiger partial charge < -0.3 is 14.8 Å². The van der Waals surface area contributed by atoms with Crippen LogP contribution in [0.4, 0.5) is 11.4 Å². The third kappa shape index (κ3) is 5.61. The molecule has 1 aromatic carbocycles. The molecule has 0 aromatic heterocycles. The average molecular weight is 364 g/mol. The SMILES string of the molecule is CCCCC(Oc1ccc([N+](=O)[O-])c(NC2CCCCC2)c1)C(=O)OC. The van der Waals surface area contributed by atoms with Gasteiger partial charge in [0.05, 0.1) is 12.0 Å². The minimum Gasteiger partial charge on any atom is -0.479 e. The van der Waals surface area contributed by atoms with E-state index < -0.39 is 17.0 Å². The smallest absolute Gasteiger partial charge is 0.347 e. The number of rotatable bonds is 9. The molecule has 1 aliphatic carbocycles. The van der Waals surface area contributed by atoms with Crippen molar-refractivity contribution in [1.82, 2.24) is 0 Å². The Balaban J connectivity index is 2.18. The molecule has 0 bridgehead atoms. The number of carbonyl (C=O) groups is 1. The van der Waals surface area contributed by atoms with E-state index >= 15 is 0 Å². The van der Waals surface area contributed by atoms with Crippen LogP contribution in [0.2, 0.25) is 0 Å². The summed E-state index contributed by atoms with van der Waals surface area (Å²) in [5.41, 5.74) is 0.463. The lowest BCUT2D eigenvalue weighted by atomic mass is 9.95. The molecule has 1 fully saturated rings. The Bertz CT molecular complexity index is 614. The lowest BCUT2D eigenvalue weighted by molar-refractivity contribution is -0.384. The lowest BCUT2D eigenvalue weighted by Crippen LogP contribution is -2.28. The number of hydrogen-bond donors (Lipinski definition) is 1. The van der Waals surface area contributed by atoms with Crippen LogP contribution in [0.3, 0.4) is 0 Å². The molecule has 0 heterocycles. The van der Waals surface area contributed by atoms with Crippen molar-refractivity contribution in [3.63, 3.8) is 0 Å². The third-order valence-corrected chi connectivity index (χ3v) is 4.69. The molecule has 7 nitrogen and oxygen atoms in total.